The van der Waals surface area contributed by atoms with Crippen LogP contribution in [-0.4, -0.2) is 43.7 Å². The van der Waals surface area contributed by atoms with Gasteiger partial charge in [-0.2, -0.15) is 0 Å². The summed E-state index contributed by atoms with van der Waals surface area (Å²) in [5, 5.41) is 5.56. The molecular formula is C14H22N2O2S. The molecule has 2 rings (SSSR count). The van der Waals surface area contributed by atoms with Crippen molar-refractivity contribution in [1.29, 1.82) is 0 Å². The Kier molecular flexibility index (Phi) is 4.96. The van der Waals surface area contributed by atoms with E-state index in [1.165, 1.54) is 4.88 Å². The summed E-state index contributed by atoms with van der Waals surface area (Å²) < 4.78 is 5.80. The van der Waals surface area contributed by atoms with E-state index in [2.05, 4.69) is 29.8 Å². The Morgan fingerprint density at radius 2 is 2.37 bits per heavy atom. The van der Waals surface area contributed by atoms with Crippen molar-refractivity contribution >= 4 is 17.2 Å². The minimum Gasteiger partial charge on any atom is -0.364 e. The molecule has 19 heavy (non-hydrogen) atoms. The molecule has 1 aromatic rings. The van der Waals surface area contributed by atoms with Gasteiger partial charge in [0, 0.05) is 31.6 Å². The van der Waals surface area contributed by atoms with E-state index in [0.29, 0.717) is 6.04 Å². The predicted octanol–water partition coefficient (Wildman–Crippen LogP) is 2.03. The van der Waals surface area contributed by atoms with Crippen LogP contribution in [-0.2, 0) is 9.53 Å². The van der Waals surface area contributed by atoms with Crippen LogP contribution in [0.15, 0.2) is 17.5 Å². The number of carbonyl (C=O) groups is 1. The second-order valence-electron chi connectivity index (χ2n) is 5.20. The summed E-state index contributed by atoms with van der Waals surface area (Å²) in [6, 6.07) is 4.54. The smallest absolute Gasteiger partial charge is 0.251 e. The summed E-state index contributed by atoms with van der Waals surface area (Å²) in [5.74, 6) is 0.0776. The number of rotatable bonds is 5. The molecular weight excluding hydrogens is 260 g/mol. The van der Waals surface area contributed by atoms with Crippen molar-refractivity contribution < 1.29 is 9.53 Å². The minimum absolute atomic E-state index is 0.0776. The van der Waals surface area contributed by atoms with Crippen molar-refractivity contribution in [2.45, 2.75) is 38.0 Å². The van der Waals surface area contributed by atoms with Gasteiger partial charge in [-0.05, 0) is 31.2 Å². The first-order chi connectivity index (χ1) is 9.08. The highest BCUT2D eigenvalue weighted by Crippen LogP contribution is 2.22. The molecule has 1 aromatic heterocycles. The Hall–Kier alpha value is -0.910. The molecule has 3 atom stereocenters. The predicted molar refractivity (Wildman–Crippen MR) is 77.3 cm³/mol. The van der Waals surface area contributed by atoms with E-state index in [-0.39, 0.29) is 18.1 Å². The maximum atomic E-state index is 11.8. The summed E-state index contributed by atoms with van der Waals surface area (Å²) in [6.07, 6.45) is 1.68. The number of carbonyl (C=O) groups excluding carboxylic acids is 1. The van der Waals surface area contributed by atoms with Crippen molar-refractivity contribution in [3.05, 3.63) is 22.4 Å². The molecule has 0 bridgehead atoms. The third kappa shape index (κ3) is 3.78. The van der Waals surface area contributed by atoms with E-state index in [0.717, 1.165) is 19.4 Å². The molecule has 0 radical (unpaired) electrons. The Morgan fingerprint density at radius 3 is 3.00 bits per heavy atom. The van der Waals surface area contributed by atoms with Gasteiger partial charge < -0.3 is 15.0 Å². The van der Waals surface area contributed by atoms with Gasteiger partial charge in [0.05, 0.1) is 6.10 Å². The van der Waals surface area contributed by atoms with E-state index in [9.17, 15) is 4.79 Å². The number of thiophene rings is 1. The summed E-state index contributed by atoms with van der Waals surface area (Å²) in [6.45, 7) is 2.96. The lowest BCUT2D eigenvalue weighted by Gasteiger charge is -2.19. The van der Waals surface area contributed by atoms with E-state index < -0.39 is 0 Å². The van der Waals surface area contributed by atoms with Crippen molar-refractivity contribution in [3.63, 3.8) is 0 Å². The molecule has 0 spiro atoms. The largest absolute Gasteiger partial charge is 0.364 e. The zero-order chi connectivity index (χ0) is 13.8. The minimum atomic E-state index is -0.251. The molecule has 5 heteroatoms. The zero-order valence-electron chi connectivity index (χ0n) is 11.8. The number of amides is 1. The average molecular weight is 282 g/mol. The van der Waals surface area contributed by atoms with Crippen molar-refractivity contribution in [1.82, 2.24) is 10.2 Å². The van der Waals surface area contributed by atoms with Gasteiger partial charge in [-0.25, -0.2) is 0 Å². The normalized spacial score (nSPS) is 24.4. The lowest BCUT2D eigenvalue weighted by atomic mass is 10.1. The average Bonchev–Trinajstić information content (AvgIpc) is 3.06. The van der Waals surface area contributed by atoms with Crippen LogP contribution in [0.2, 0.25) is 0 Å². The van der Waals surface area contributed by atoms with E-state index in [1.54, 1.807) is 30.3 Å². The topological polar surface area (TPSA) is 41.6 Å². The molecule has 1 aliphatic rings. The fourth-order valence-corrected chi connectivity index (χ4v) is 3.03. The lowest BCUT2D eigenvalue weighted by molar-refractivity contribution is -0.140. The Labute approximate surface area is 118 Å². The van der Waals surface area contributed by atoms with Crippen molar-refractivity contribution in [2.75, 3.05) is 20.6 Å². The molecule has 1 N–H and O–H groups in total. The second-order valence-corrected chi connectivity index (χ2v) is 6.18. The molecule has 2 heterocycles. The number of hydrogen-bond donors (Lipinski definition) is 1. The number of nitrogens with one attached hydrogen (secondary N) is 1. The van der Waals surface area contributed by atoms with Crippen LogP contribution in [0.4, 0.5) is 0 Å². The second kappa shape index (κ2) is 6.50. The molecule has 4 nitrogen and oxygen atoms in total. The summed E-state index contributed by atoms with van der Waals surface area (Å²) in [4.78, 5) is 14.7. The fourth-order valence-electron chi connectivity index (χ4n) is 2.27. The number of nitrogens with zero attached hydrogens (tertiary/aromatic N) is 1. The molecule has 106 valence electrons. The van der Waals surface area contributed by atoms with Gasteiger partial charge in [0.2, 0.25) is 0 Å². The zero-order valence-corrected chi connectivity index (χ0v) is 12.6. The van der Waals surface area contributed by atoms with Gasteiger partial charge in [0.1, 0.15) is 6.10 Å². The first-order valence-electron chi connectivity index (χ1n) is 6.71. The fraction of sp³-hybridized carbons (Fsp3) is 0.643. The molecule has 0 saturated carbocycles. The van der Waals surface area contributed by atoms with Crippen LogP contribution < -0.4 is 5.32 Å². The summed E-state index contributed by atoms with van der Waals surface area (Å²) in [5.41, 5.74) is 0. The molecule has 1 aliphatic heterocycles. The van der Waals surface area contributed by atoms with E-state index in [4.69, 9.17) is 4.74 Å². The quantitative estimate of drug-likeness (QED) is 0.898. The number of ether oxygens (including phenoxy) is 1. The van der Waals surface area contributed by atoms with Gasteiger partial charge in [0.25, 0.3) is 5.91 Å². The Morgan fingerprint density at radius 1 is 1.58 bits per heavy atom. The highest BCUT2D eigenvalue weighted by molar-refractivity contribution is 7.10. The first kappa shape index (κ1) is 14.5. The van der Waals surface area contributed by atoms with E-state index in [1.807, 2.05) is 0 Å². The first-order valence-corrected chi connectivity index (χ1v) is 7.59. The molecule has 1 saturated heterocycles. The monoisotopic (exact) mass is 282 g/mol. The standard InChI is InChI=1S/C14H22N2O2S/c1-10(13-5-4-8-19-13)15-9-11-6-7-12(18-11)14(17)16(2)3/h4-5,8,10-12,15H,6-7,9H2,1-3H3/t10-,11+,12+/m0/s1. The van der Waals surface area contributed by atoms with Crippen LogP contribution >= 0.6 is 11.3 Å². The van der Waals surface area contributed by atoms with Crippen LogP contribution in [0.5, 0.6) is 0 Å². The van der Waals surface area contributed by atoms with Crippen LogP contribution in [0.25, 0.3) is 0 Å². The summed E-state index contributed by atoms with van der Waals surface area (Å²) >= 11 is 1.76. The van der Waals surface area contributed by atoms with Gasteiger partial charge in [-0.3, -0.25) is 4.79 Å². The maximum absolute atomic E-state index is 11.8. The Bertz CT molecular complexity index is 406. The third-order valence-corrected chi connectivity index (χ3v) is 4.50. The van der Waals surface area contributed by atoms with Crippen LogP contribution in [0.3, 0.4) is 0 Å². The molecule has 0 aromatic carbocycles. The number of hydrogen-bond acceptors (Lipinski definition) is 4. The van der Waals surface area contributed by atoms with Crippen molar-refractivity contribution in [2.24, 2.45) is 0 Å². The maximum Gasteiger partial charge on any atom is 0.251 e. The molecule has 1 amide bonds. The molecule has 0 unspecified atom stereocenters. The van der Waals surface area contributed by atoms with Gasteiger partial charge in [-0.15, -0.1) is 11.3 Å². The molecule has 1 fully saturated rings. The van der Waals surface area contributed by atoms with Gasteiger partial charge in [0.15, 0.2) is 0 Å². The van der Waals surface area contributed by atoms with E-state index >= 15 is 0 Å². The highest BCUT2D eigenvalue weighted by atomic mass is 32.1. The molecule has 0 aliphatic carbocycles. The third-order valence-electron chi connectivity index (χ3n) is 3.45. The lowest BCUT2D eigenvalue weighted by Crippen LogP contribution is -2.35. The van der Waals surface area contributed by atoms with Crippen LogP contribution in [0.1, 0.15) is 30.7 Å². The highest BCUT2D eigenvalue weighted by Gasteiger charge is 2.31. The van der Waals surface area contributed by atoms with Crippen LogP contribution in [0, 0.1) is 0 Å². The number of likely N-dealkylation sites (N-methyl/N-ethyl adjacent to an activating group) is 1. The van der Waals surface area contributed by atoms with Gasteiger partial charge in [-0.1, -0.05) is 6.07 Å². The van der Waals surface area contributed by atoms with Gasteiger partial charge >= 0.3 is 0 Å². The van der Waals surface area contributed by atoms with Crippen molar-refractivity contribution in [3.8, 4) is 0 Å². The SMILES string of the molecule is C[C@H](NC[C@H]1CC[C@H](C(=O)N(C)C)O1)c1cccs1. The Balaban J connectivity index is 1.75. The summed E-state index contributed by atoms with van der Waals surface area (Å²) in [7, 11) is 3.55.